The Morgan fingerprint density at radius 1 is 1.57 bits per heavy atom. The second-order valence-corrected chi connectivity index (χ2v) is 3.97. The van der Waals surface area contributed by atoms with E-state index in [9.17, 15) is 0 Å². The summed E-state index contributed by atoms with van der Waals surface area (Å²) in [7, 11) is 0. The van der Waals surface area contributed by atoms with E-state index in [1.165, 1.54) is 17.7 Å². The van der Waals surface area contributed by atoms with Crippen molar-refractivity contribution < 1.29 is 0 Å². The largest absolute Gasteiger partial charge is 0.295 e. The molecule has 76 valence electrons. The summed E-state index contributed by atoms with van der Waals surface area (Å²) in [5, 5.41) is 0. The maximum atomic E-state index is 4.33. The molecule has 1 atom stereocenters. The number of rotatable bonds is 2. The lowest BCUT2D eigenvalue weighted by Crippen LogP contribution is -2.37. The Morgan fingerprint density at radius 3 is 3.21 bits per heavy atom. The second kappa shape index (κ2) is 4.05. The van der Waals surface area contributed by atoms with Gasteiger partial charge in [0.2, 0.25) is 0 Å². The molecule has 1 aliphatic heterocycles. The van der Waals surface area contributed by atoms with E-state index in [-0.39, 0.29) is 0 Å². The van der Waals surface area contributed by atoms with Crippen molar-refractivity contribution in [1.29, 1.82) is 0 Å². The van der Waals surface area contributed by atoms with Gasteiger partial charge in [0.05, 0.1) is 5.69 Å². The van der Waals surface area contributed by atoms with Gasteiger partial charge in [-0.1, -0.05) is 6.92 Å². The zero-order valence-electron chi connectivity index (χ0n) is 8.90. The Kier molecular flexibility index (Phi) is 2.77. The smallest absolute Gasteiger partial charge is 0.115 e. The topological polar surface area (TPSA) is 29.0 Å². The molecule has 3 heteroatoms. The summed E-state index contributed by atoms with van der Waals surface area (Å²) in [5.41, 5.74) is 2.54. The zero-order valence-corrected chi connectivity index (χ0v) is 8.90. The Balaban J connectivity index is 2.13. The van der Waals surface area contributed by atoms with Gasteiger partial charge in [-0.2, -0.15) is 0 Å². The molecule has 0 saturated carbocycles. The van der Waals surface area contributed by atoms with Crippen molar-refractivity contribution in [2.75, 3.05) is 6.54 Å². The van der Waals surface area contributed by atoms with E-state index in [0.717, 1.165) is 19.5 Å². The molecule has 3 nitrogen and oxygen atoms in total. The molecule has 0 amide bonds. The van der Waals surface area contributed by atoms with E-state index >= 15 is 0 Å². The first-order chi connectivity index (χ1) is 6.81. The van der Waals surface area contributed by atoms with Gasteiger partial charge in [0.15, 0.2) is 0 Å². The minimum Gasteiger partial charge on any atom is -0.295 e. The quantitative estimate of drug-likeness (QED) is 0.711. The maximum absolute atomic E-state index is 4.33. The molecule has 2 rings (SSSR count). The molecule has 0 saturated heterocycles. The lowest BCUT2D eigenvalue weighted by molar-refractivity contribution is 0.183. The molecule has 0 spiro atoms. The van der Waals surface area contributed by atoms with E-state index in [1.807, 2.05) is 6.20 Å². The minimum atomic E-state index is 0.665. The van der Waals surface area contributed by atoms with Crippen LogP contribution in [0.3, 0.4) is 0 Å². The van der Waals surface area contributed by atoms with Crippen molar-refractivity contribution >= 4 is 0 Å². The summed E-state index contributed by atoms with van der Waals surface area (Å²) in [5.74, 6) is 0. The first kappa shape index (κ1) is 9.59. The molecule has 0 bridgehead atoms. The van der Waals surface area contributed by atoms with E-state index in [0.29, 0.717) is 6.04 Å². The summed E-state index contributed by atoms with van der Waals surface area (Å²) in [6.07, 6.45) is 5.91. The first-order valence-electron chi connectivity index (χ1n) is 5.33. The van der Waals surface area contributed by atoms with Crippen LogP contribution in [0.4, 0.5) is 0 Å². The van der Waals surface area contributed by atoms with Crippen molar-refractivity contribution in [2.24, 2.45) is 0 Å². The Morgan fingerprint density at radius 2 is 2.43 bits per heavy atom. The average Bonchev–Trinajstić information content (AvgIpc) is 2.27. The molecule has 0 aromatic carbocycles. The number of aromatic nitrogens is 2. The Hall–Kier alpha value is -0.960. The Bertz CT molecular complexity index is 311. The standard InChI is InChI=1S/C11H17N3/c1-3-9(2)14-5-4-10-6-12-8-13-11(10)7-14/h6,8-9H,3-5,7H2,1-2H3. The van der Waals surface area contributed by atoms with Crippen molar-refractivity contribution in [3.63, 3.8) is 0 Å². The van der Waals surface area contributed by atoms with Crippen molar-refractivity contribution in [3.05, 3.63) is 23.8 Å². The third-order valence-electron chi connectivity index (χ3n) is 3.12. The molecule has 0 radical (unpaired) electrons. The van der Waals surface area contributed by atoms with Crippen LogP contribution < -0.4 is 0 Å². The molecule has 0 N–H and O–H groups in total. The zero-order chi connectivity index (χ0) is 9.97. The van der Waals surface area contributed by atoms with E-state index in [4.69, 9.17) is 0 Å². The fourth-order valence-corrected chi connectivity index (χ4v) is 1.90. The predicted octanol–water partition coefficient (Wildman–Crippen LogP) is 1.63. The van der Waals surface area contributed by atoms with Crippen LogP contribution in [0.15, 0.2) is 12.5 Å². The van der Waals surface area contributed by atoms with Gasteiger partial charge in [0.1, 0.15) is 6.33 Å². The number of nitrogens with zero attached hydrogens (tertiary/aromatic N) is 3. The minimum absolute atomic E-state index is 0.665. The summed E-state index contributed by atoms with van der Waals surface area (Å²) >= 11 is 0. The lowest BCUT2D eigenvalue weighted by Gasteiger charge is -2.32. The van der Waals surface area contributed by atoms with Gasteiger partial charge in [-0.05, 0) is 25.3 Å². The highest BCUT2D eigenvalue weighted by Crippen LogP contribution is 2.18. The summed E-state index contributed by atoms with van der Waals surface area (Å²) in [6.45, 7) is 6.66. The fraction of sp³-hybridized carbons (Fsp3) is 0.636. The predicted molar refractivity (Wildman–Crippen MR) is 55.9 cm³/mol. The molecule has 1 aliphatic rings. The molecule has 1 aromatic rings. The SMILES string of the molecule is CCC(C)N1CCc2cncnc2C1. The van der Waals surface area contributed by atoms with Crippen LogP contribution in [0.1, 0.15) is 31.5 Å². The molecule has 0 fully saturated rings. The molecule has 2 heterocycles. The molecular formula is C11H17N3. The van der Waals surface area contributed by atoms with Crippen LogP contribution >= 0.6 is 0 Å². The van der Waals surface area contributed by atoms with E-state index in [2.05, 4.69) is 28.7 Å². The van der Waals surface area contributed by atoms with Crippen LogP contribution in [0, 0.1) is 0 Å². The van der Waals surface area contributed by atoms with Crippen molar-refractivity contribution in [2.45, 2.75) is 39.3 Å². The molecular weight excluding hydrogens is 174 g/mol. The second-order valence-electron chi connectivity index (χ2n) is 3.97. The highest BCUT2D eigenvalue weighted by Gasteiger charge is 2.20. The molecule has 14 heavy (non-hydrogen) atoms. The monoisotopic (exact) mass is 191 g/mol. The van der Waals surface area contributed by atoms with Gasteiger partial charge in [0.25, 0.3) is 0 Å². The maximum Gasteiger partial charge on any atom is 0.115 e. The first-order valence-corrected chi connectivity index (χ1v) is 5.33. The van der Waals surface area contributed by atoms with Crippen LogP contribution in [0.25, 0.3) is 0 Å². The van der Waals surface area contributed by atoms with Crippen LogP contribution in [0.5, 0.6) is 0 Å². The van der Waals surface area contributed by atoms with Gasteiger partial charge >= 0.3 is 0 Å². The Labute approximate surface area is 85.2 Å². The van der Waals surface area contributed by atoms with Crippen LogP contribution in [-0.4, -0.2) is 27.5 Å². The van der Waals surface area contributed by atoms with Crippen LogP contribution in [0.2, 0.25) is 0 Å². The molecule has 1 unspecified atom stereocenters. The van der Waals surface area contributed by atoms with E-state index < -0.39 is 0 Å². The molecule has 1 aromatic heterocycles. The highest BCUT2D eigenvalue weighted by molar-refractivity contribution is 5.18. The lowest BCUT2D eigenvalue weighted by atomic mass is 10.0. The van der Waals surface area contributed by atoms with Crippen molar-refractivity contribution in [3.8, 4) is 0 Å². The highest BCUT2D eigenvalue weighted by atomic mass is 15.2. The van der Waals surface area contributed by atoms with Gasteiger partial charge < -0.3 is 0 Å². The summed E-state index contributed by atoms with van der Waals surface area (Å²) in [4.78, 5) is 10.9. The van der Waals surface area contributed by atoms with Crippen LogP contribution in [-0.2, 0) is 13.0 Å². The fourth-order valence-electron chi connectivity index (χ4n) is 1.90. The third-order valence-corrected chi connectivity index (χ3v) is 3.12. The van der Waals surface area contributed by atoms with Gasteiger partial charge in [0, 0.05) is 25.3 Å². The molecule has 0 aliphatic carbocycles. The van der Waals surface area contributed by atoms with E-state index in [1.54, 1.807) is 6.33 Å². The number of hydrogen-bond acceptors (Lipinski definition) is 3. The number of hydrogen-bond donors (Lipinski definition) is 0. The van der Waals surface area contributed by atoms with Gasteiger partial charge in [-0.25, -0.2) is 9.97 Å². The normalized spacial score (nSPS) is 19.0. The number of fused-ring (bicyclic) bond motifs is 1. The average molecular weight is 191 g/mol. The van der Waals surface area contributed by atoms with Crippen molar-refractivity contribution in [1.82, 2.24) is 14.9 Å². The summed E-state index contributed by atoms with van der Waals surface area (Å²) < 4.78 is 0. The third kappa shape index (κ3) is 1.77. The summed E-state index contributed by atoms with van der Waals surface area (Å²) in [6, 6.07) is 0.665. The van der Waals surface area contributed by atoms with Gasteiger partial charge in [-0.15, -0.1) is 0 Å². The van der Waals surface area contributed by atoms with Gasteiger partial charge in [-0.3, -0.25) is 4.90 Å².